The van der Waals surface area contributed by atoms with E-state index in [1.54, 1.807) is 0 Å². The number of benzene rings is 1. The molecule has 0 atom stereocenters. The van der Waals surface area contributed by atoms with Crippen molar-refractivity contribution >= 4 is 21.6 Å². The highest BCUT2D eigenvalue weighted by Gasteiger charge is 2.39. The van der Waals surface area contributed by atoms with Crippen LogP contribution in [0.3, 0.4) is 0 Å². The molecule has 2 aliphatic rings. The van der Waals surface area contributed by atoms with Gasteiger partial charge >= 0.3 is 0 Å². The Balaban J connectivity index is 2.14. The summed E-state index contributed by atoms with van der Waals surface area (Å²) < 4.78 is 17.4. The van der Waals surface area contributed by atoms with E-state index in [9.17, 15) is 4.39 Å². The summed E-state index contributed by atoms with van der Waals surface area (Å²) in [5.74, 6) is 1.23. The van der Waals surface area contributed by atoms with Crippen LogP contribution in [-0.4, -0.2) is 14.8 Å². The summed E-state index contributed by atoms with van der Waals surface area (Å²) in [5.41, 5.74) is 3.42. The Kier molecular flexibility index (Phi) is 2.56. The van der Waals surface area contributed by atoms with Crippen LogP contribution in [-0.2, 0) is 18.4 Å². The number of halogens is 2. The summed E-state index contributed by atoms with van der Waals surface area (Å²) in [6.07, 6.45) is 2.98. The molecule has 1 aliphatic carbocycles. The van der Waals surface area contributed by atoms with Gasteiger partial charge in [0, 0.05) is 0 Å². The fraction of sp³-hybridized carbons (Fsp3) is 0.467. The third-order valence-electron chi connectivity index (χ3n) is 4.47. The van der Waals surface area contributed by atoms with Crippen molar-refractivity contribution in [2.45, 2.75) is 45.6 Å². The van der Waals surface area contributed by atoms with Gasteiger partial charge in [-0.25, -0.2) is 4.39 Å². The van der Waals surface area contributed by atoms with Crippen LogP contribution in [0.25, 0.3) is 5.69 Å². The summed E-state index contributed by atoms with van der Waals surface area (Å²) in [5, 5.41) is 11.9. The Bertz CT molecular complexity index is 779. The molecule has 4 rings (SSSR count). The number of anilines is 1. The van der Waals surface area contributed by atoms with Crippen LogP contribution in [0.15, 0.2) is 4.47 Å². The maximum absolute atomic E-state index is 15.0. The zero-order valence-electron chi connectivity index (χ0n) is 12.2. The summed E-state index contributed by atoms with van der Waals surface area (Å²) in [6.45, 7) is 5.97. The second kappa shape index (κ2) is 4.06. The molecule has 0 radical (unpaired) electrons. The van der Waals surface area contributed by atoms with Crippen LogP contribution in [0.1, 0.15) is 43.0 Å². The molecule has 2 heterocycles. The Morgan fingerprint density at radius 2 is 1.95 bits per heavy atom. The molecular formula is C15H16BrFN4. The summed E-state index contributed by atoms with van der Waals surface area (Å²) >= 11 is 3.45. The van der Waals surface area contributed by atoms with Crippen LogP contribution in [0.2, 0.25) is 0 Å². The SMILES string of the molecule is Cc1nnc2n1-c1c(F)c(Br)c3c(c1NC2(C)C)CCC3. The number of hydrogen-bond acceptors (Lipinski definition) is 3. The van der Waals surface area contributed by atoms with Crippen molar-refractivity contribution in [1.29, 1.82) is 0 Å². The Morgan fingerprint density at radius 1 is 1.24 bits per heavy atom. The largest absolute Gasteiger partial charge is 0.371 e. The molecule has 0 saturated heterocycles. The van der Waals surface area contributed by atoms with Crippen LogP contribution >= 0.6 is 15.9 Å². The highest BCUT2D eigenvalue weighted by Crippen LogP contribution is 2.46. The molecule has 0 spiro atoms. The van der Waals surface area contributed by atoms with Crippen molar-refractivity contribution in [3.8, 4) is 5.69 Å². The first kappa shape index (κ1) is 13.2. The van der Waals surface area contributed by atoms with Gasteiger partial charge in [0.1, 0.15) is 11.5 Å². The molecule has 1 aliphatic heterocycles. The molecule has 0 amide bonds. The average molecular weight is 351 g/mol. The first-order valence-corrected chi connectivity index (χ1v) is 7.95. The van der Waals surface area contributed by atoms with Crippen molar-refractivity contribution in [3.05, 3.63) is 33.1 Å². The van der Waals surface area contributed by atoms with Gasteiger partial charge < -0.3 is 5.32 Å². The van der Waals surface area contributed by atoms with Crippen molar-refractivity contribution in [1.82, 2.24) is 14.8 Å². The molecule has 0 saturated carbocycles. The molecular weight excluding hydrogens is 335 g/mol. The van der Waals surface area contributed by atoms with Gasteiger partial charge in [0.05, 0.1) is 15.7 Å². The third kappa shape index (κ3) is 1.59. The predicted molar refractivity (Wildman–Crippen MR) is 82.4 cm³/mol. The van der Waals surface area contributed by atoms with E-state index in [-0.39, 0.29) is 11.4 Å². The summed E-state index contributed by atoms with van der Waals surface area (Å²) in [6, 6.07) is 0. The lowest BCUT2D eigenvalue weighted by Gasteiger charge is -2.35. The second-order valence-corrected chi connectivity index (χ2v) is 7.11. The minimum absolute atomic E-state index is 0.224. The molecule has 0 fully saturated rings. The van der Waals surface area contributed by atoms with E-state index in [0.29, 0.717) is 16.0 Å². The molecule has 0 bridgehead atoms. The average Bonchev–Trinajstić information content (AvgIpc) is 3.03. The molecule has 0 unspecified atom stereocenters. The highest BCUT2D eigenvalue weighted by atomic mass is 79.9. The van der Waals surface area contributed by atoms with Gasteiger partial charge in [-0.05, 0) is 67.1 Å². The van der Waals surface area contributed by atoms with Gasteiger partial charge in [-0.15, -0.1) is 10.2 Å². The van der Waals surface area contributed by atoms with Gasteiger partial charge in [0.25, 0.3) is 0 Å². The normalized spacial score (nSPS) is 18.0. The molecule has 6 heteroatoms. The van der Waals surface area contributed by atoms with Crippen molar-refractivity contribution in [3.63, 3.8) is 0 Å². The number of aryl methyl sites for hydroxylation is 1. The second-order valence-electron chi connectivity index (χ2n) is 6.32. The third-order valence-corrected chi connectivity index (χ3v) is 5.29. The summed E-state index contributed by atoms with van der Waals surface area (Å²) in [4.78, 5) is 0. The lowest BCUT2D eigenvalue weighted by Crippen LogP contribution is -2.37. The van der Waals surface area contributed by atoms with E-state index < -0.39 is 0 Å². The molecule has 21 heavy (non-hydrogen) atoms. The monoisotopic (exact) mass is 350 g/mol. The lowest BCUT2D eigenvalue weighted by atomic mass is 9.96. The zero-order chi connectivity index (χ0) is 14.9. The quantitative estimate of drug-likeness (QED) is 0.788. The molecule has 1 aromatic heterocycles. The van der Waals surface area contributed by atoms with Gasteiger partial charge in [-0.2, -0.15) is 0 Å². The minimum Gasteiger partial charge on any atom is -0.371 e. The van der Waals surface area contributed by atoms with Gasteiger partial charge in [0.15, 0.2) is 11.6 Å². The molecule has 1 aromatic carbocycles. The first-order chi connectivity index (χ1) is 9.92. The molecule has 4 nitrogen and oxygen atoms in total. The highest BCUT2D eigenvalue weighted by molar-refractivity contribution is 9.10. The van der Waals surface area contributed by atoms with Crippen LogP contribution in [0, 0.1) is 12.7 Å². The Morgan fingerprint density at radius 3 is 2.71 bits per heavy atom. The maximum Gasteiger partial charge on any atom is 0.163 e. The van der Waals surface area contributed by atoms with Gasteiger partial charge in [-0.3, -0.25) is 4.57 Å². The van der Waals surface area contributed by atoms with Gasteiger partial charge in [-0.1, -0.05) is 0 Å². The van der Waals surface area contributed by atoms with E-state index in [2.05, 4.69) is 45.3 Å². The van der Waals surface area contributed by atoms with Crippen LogP contribution in [0.4, 0.5) is 10.1 Å². The summed E-state index contributed by atoms with van der Waals surface area (Å²) in [7, 11) is 0. The minimum atomic E-state index is -0.370. The molecule has 110 valence electrons. The maximum atomic E-state index is 15.0. The van der Waals surface area contributed by atoms with Crippen molar-refractivity contribution in [2.24, 2.45) is 0 Å². The van der Waals surface area contributed by atoms with Crippen molar-refractivity contribution in [2.75, 3.05) is 5.32 Å². The fourth-order valence-electron chi connectivity index (χ4n) is 3.50. The van der Waals surface area contributed by atoms with E-state index in [1.807, 2.05) is 11.5 Å². The number of nitrogens with zero attached hydrogens (tertiary/aromatic N) is 3. The first-order valence-electron chi connectivity index (χ1n) is 7.15. The smallest absolute Gasteiger partial charge is 0.163 e. The number of fused-ring (bicyclic) bond motifs is 5. The lowest BCUT2D eigenvalue weighted by molar-refractivity contribution is 0.519. The van der Waals surface area contributed by atoms with E-state index in [0.717, 1.165) is 36.3 Å². The van der Waals surface area contributed by atoms with Gasteiger partial charge in [0.2, 0.25) is 0 Å². The van der Waals surface area contributed by atoms with Crippen LogP contribution in [0.5, 0.6) is 0 Å². The number of hydrogen-bond donors (Lipinski definition) is 1. The Hall–Kier alpha value is -1.43. The number of nitrogens with one attached hydrogen (secondary N) is 1. The van der Waals surface area contributed by atoms with Crippen LogP contribution < -0.4 is 5.32 Å². The molecule has 1 N–H and O–H groups in total. The topological polar surface area (TPSA) is 42.7 Å². The number of rotatable bonds is 0. The molecule has 2 aromatic rings. The zero-order valence-corrected chi connectivity index (χ0v) is 13.8. The standard InChI is InChI=1S/C15H16BrFN4/c1-7-19-20-14-15(2,3)18-12-9-6-4-5-8(9)10(16)11(17)13(12)21(7)14/h18H,4-6H2,1-3H3. The fourth-order valence-corrected chi connectivity index (χ4v) is 4.12. The Labute approximate surface area is 130 Å². The predicted octanol–water partition coefficient (Wildman–Crippen LogP) is 3.63. The number of aromatic nitrogens is 3. The van der Waals surface area contributed by atoms with E-state index >= 15 is 0 Å². The van der Waals surface area contributed by atoms with E-state index in [4.69, 9.17) is 0 Å². The van der Waals surface area contributed by atoms with E-state index in [1.165, 1.54) is 5.56 Å². The van der Waals surface area contributed by atoms with Crippen molar-refractivity contribution < 1.29 is 4.39 Å².